The summed E-state index contributed by atoms with van der Waals surface area (Å²) in [5.74, 6) is 0.821. The zero-order valence-electron chi connectivity index (χ0n) is 12.8. The molecule has 0 aromatic heterocycles. The Morgan fingerprint density at radius 2 is 2.14 bits per heavy atom. The van der Waals surface area contributed by atoms with E-state index in [9.17, 15) is 9.50 Å². The van der Waals surface area contributed by atoms with E-state index in [1.807, 2.05) is 13.0 Å². The summed E-state index contributed by atoms with van der Waals surface area (Å²) >= 11 is 0. The average molecular weight is 301 g/mol. The summed E-state index contributed by atoms with van der Waals surface area (Å²) in [6.45, 7) is 2.02. The maximum Gasteiger partial charge on any atom is 0.126 e. The van der Waals surface area contributed by atoms with Crippen molar-refractivity contribution in [2.24, 2.45) is 0 Å². The molecule has 0 amide bonds. The van der Waals surface area contributed by atoms with Gasteiger partial charge in [-0.1, -0.05) is 12.1 Å². The molecule has 1 aliphatic rings. The van der Waals surface area contributed by atoms with Crippen molar-refractivity contribution < 1.29 is 14.2 Å². The first-order chi connectivity index (χ1) is 10.6. The minimum Gasteiger partial charge on any atom is -0.508 e. The number of nitrogens with one attached hydrogen (secondary N) is 1. The van der Waals surface area contributed by atoms with E-state index in [-0.39, 0.29) is 23.7 Å². The molecule has 0 saturated carbocycles. The Kier molecular flexibility index (Phi) is 4.03. The van der Waals surface area contributed by atoms with Crippen molar-refractivity contribution in [3.05, 3.63) is 58.9 Å². The van der Waals surface area contributed by atoms with Crippen molar-refractivity contribution in [1.82, 2.24) is 5.32 Å². The van der Waals surface area contributed by atoms with E-state index in [1.165, 1.54) is 6.07 Å². The highest BCUT2D eigenvalue weighted by Crippen LogP contribution is 2.36. The molecule has 0 unspecified atom stereocenters. The molecule has 3 rings (SSSR count). The van der Waals surface area contributed by atoms with Crippen molar-refractivity contribution in [2.75, 3.05) is 7.11 Å². The second-order valence-electron chi connectivity index (χ2n) is 5.71. The molecule has 1 aliphatic carbocycles. The zero-order valence-corrected chi connectivity index (χ0v) is 12.8. The molecule has 22 heavy (non-hydrogen) atoms. The van der Waals surface area contributed by atoms with Crippen LogP contribution in [0.1, 0.15) is 42.1 Å². The second-order valence-corrected chi connectivity index (χ2v) is 5.71. The fraction of sp³-hybridized carbons (Fsp3) is 0.333. The molecular weight excluding hydrogens is 281 g/mol. The van der Waals surface area contributed by atoms with Crippen molar-refractivity contribution in [3.63, 3.8) is 0 Å². The number of aromatic hydroxyl groups is 1. The lowest BCUT2D eigenvalue weighted by Gasteiger charge is -2.22. The van der Waals surface area contributed by atoms with Crippen LogP contribution in [0, 0.1) is 5.82 Å². The molecule has 2 aromatic rings. The zero-order chi connectivity index (χ0) is 15.7. The number of phenolic OH excluding ortho intramolecular Hbond substituents is 1. The molecular formula is C18H20FNO2. The van der Waals surface area contributed by atoms with Crippen LogP contribution in [0.5, 0.6) is 11.5 Å². The average Bonchev–Trinajstić information content (AvgIpc) is 2.92. The van der Waals surface area contributed by atoms with Crippen LogP contribution in [0.4, 0.5) is 4.39 Å². The predicted octanol–water partition coefficient (Wildman–Crippen LogP) is 3.88. The fourth-order valence-corrected chi connectivity index (χ4v) is 3.23. The summed E-state index contributed by atoms with van der Waals surface area (Å²) in [4.78, 5) is 0. The molecule has 0 radical (unpaired) electrons. The maximum absolute atomic E-state index is 13.8. The van der Waals surface area contributed by atoms with E-state index < -0.39 is 0 Å². The summed E-state index contributed by atoms with van der Waals surface area (Å²) in [5, 5.41) is 13.2. The van der Waals surface area contributed by atoms with Gasteiger partial charge in [0.1, 0.15) is 17.3 Å². The number of phenols is 1. The number of benzene rings is 2. The predicted molar refractivity (Wildman–Crippen MR) is 83.7 cm³/mol. The van der Waals surface area contributed by atoms with Gasteiger partial charge < -0.3 is 15.2 Å². The van der Waals surface area contributed by atoms with Crippen LogP contribution in [0.15, 0.2) is 36.4 Å². The molecule has 0 saturated heterocycles. The number of rotatable bonds is 4. The molecule has 4 heteroatoms. The summed E-state index contributed by atoms with van der Waals surface area (Å²) in [6.07, 6.45) is 1.63. The molecule has 0 spiro atoms. The highest BCUT2D eigenvalue weighted by molar-refractivity contribution is 5.42. The topological polar surface area (TPSA) is 41.5 Å². The standard InChI is InChI=1S/C18H20FNO2/c1-11(15-10-12(21)6-9-18(15)22-2)20-17-8-7-13-14(17)4-3-5-16(13)19/h3-6,9-11,17,20-21H,7-8H2,1-2H3/t11-,17+/m1/s1. The van der Waals surface area contributed by atoms with Gasteiger partial charge in [-0.2, -0.15) is 0 Å². The van der Waals surface area contributed by atoms with Crippen molar-refractivity contribution >= 4 is 0 Å². The third kappa shape index (κ3) is 2.66. The molecule has 0 heterocycles. The van der Waals surface area contributed by atoms with Crippen LogP contribution in [-0.2, 0) is 6.42 Å². The first-order valence-corrected chi connectivity index (χ1v) is 7.50. The Morgan fingerprint density at radius 1 is 1.32 bits per heavy atom. The van der Waals surface area contributed by atoms with E-state index >= 15 is 0 Å². The van der Waals surface area contributed by atoms with E-state index in [0.717, 1.165) is 35.3 Å². The second kappa shape index (κ2) is 5.97. The van der Waals surface area contributed by atoms with E-state index in [2.05, 4.69) is 5.32 Å². The third-order valence-corrected chi connectivity index (χ3v) is 4.34. The minimum atomic E-state index is -0.121. The number of halogens is 1. The van der Waals surface area contributed by atoms with Gasteiger partial charge in [0.2, 0.25) is 0 Å². The lowest BCUT2D eigenvalue weighted by Crippen LogP contribution is -2.23. The fourth-order valence-electron chi connectivity index (χ4n) is 3.23. The van der Waals surface area contributed by atoms with Gasteiger partial charge in [0, 0.05) is 17.6 Å². The number of ether oxygens (including phenoxy) is 1. The quantitative estimate of drug-likeness (QED) is 0.900. The SMILES string of the molecule is COc1ccc(O)cc1[C@@H](C)N[C@H]1CCc2c(F)cccc21. The van der Waals surface area contributed by atoms with Gasteiger partial charge in [-0.15, -0.1) is 0 Å². The van der Waals surface area contributed by atoms with Gasteiger partial charge in [-0.3, -0.25) is 0 Å². The van der Waals surface area contributed by atoms with Crippen LogP contribution >= 0.6 is 0 Å². The highest BCUT2D eigenvalue weighted by Gasteiger charge is 2.26. The van der Waals surface area contributed by atoms with Crippen LogP contribution in [0.2, 0.25) is 0 Å². The Hall–Kier alpha value is -2.07. The molecule has 2 aromatic carbocycles. The van der Waals surface area contributed by atoms with Gasteiger partial charge in [-0.25, -0.2) is 4.39 Å². The largest absolute Gasteiger partial charge is 0.508 e. The van der Waals surface area contributed by atoms with Crippen LogP contribution in [0.3, 0.4) is 0 Å². The van der Waals surface area contributed by atoms with Crippen LogP contribution in [-0.4, -0.2) is 12.2 Å². The Balaban J connectivity index is 1.84. The van der Waals surface area contributed by atoms with Gasteiger partial charge in [0.25, 0.3) is 0 Å². The number of hydrogen-bond donors (Lipinski definition) is 2. The third-order valence-electron chi connectivity index (χ3n) is 4.34. The highest BCUT2D eigenvalue weighted by atomic mass is 19.1. The van der Waals surface area contributed by atoms with Crippen LogP contribution in [0.25, 0.3) is 0 Å². The lowest BCUT2D eigenvalue weighted by atomic mass is 10.0. The molecule has 0 bridgehead atoms. The summed E-state index contributed by atoms with van der Waals surface area (Å²) in [6, 6.07) is 10.4. The lowest BCUT2D eigenvalue weighted by molar-refractivity contribution is 0.390. The van der Waals surface area contributed by atoms with E-state index in [4.69, 9.17) is 4.74 Å². The summed E-state index contributed by atoms with van der Waals surface area (Å²) in [5.41, 5.74) is 2.74. The van der Waals surface area contributed by atoms with E-state index in [1.54, 1.807) is 31.4 Å². The number of fused-ring (bicyclic) bond motifs is 1. The molecule has 116 valence electrons. The Morgan fingerprint density at radius 3 is 2.91 bits per heavy atom. The summed E-state index contributed by atoms with van der Waals surface area (Å²) in [7, 11) is 1.61. The number of hydrogen-bond acceptors (Lipinski definition) is 3. The van der Waals surface area contributed by atoms with Gasteiger partial charge in [0.15, 0.2) is 0 Å². The number of methoxy groups -OCH3 is 1. The van der Waals surface area contributed by atoms with E-state index in [0.29, 0.717) is 0 Å². The van der Waals surface area contributed by atoms with Gasteiger partial charge in [0.05, 0.1) is 7.11 Å². The van der Waals surface area contributed by atoms with Gasteiger partial charge in [-0.05, 0) is 55.2 Å². The molecule has 2 atom stereocenters. The smallest absolute Gasteiger partial charge is 0.126 e. The normalized spacial score (nSPS) is 18.0. The molecule has 2 N–H and O–H groups in total. The maximum atomic E-state index is 13.8. The van der Waals surface area contributed by atoms with Crippen molar-refractivity contribution in [3.8, 4) is 11.5 Å². The summed E-state index contributed by atoms with van der Waals surface area (Å²) < 4.78 is 19.2. The van der Waals surface area contributed by atoms with Crippen molar-refractivity contribution in [2.45, 2.75) is 31.8 Å². The molecule has 0 fully saturated rings. The first-order valence-electron chi connectivity index (χ1n) is 7.50. The first kappa shape index (κ1) is 14.9. The minimum absolute atomic E-state index is 0.0127. The molecule has 3 nitrogen and oxygen atoms in total. The van der Waals surface area contributed by atoms with Gasteiger partial charge >= 0.3 is 0 Å². The van der Waals surface area contributed by atoms with Crippen LogP contribution < -0.4 is 10.1 Å². The van der Waals surface area contributed by atoms with Crippen molar-refractivity contribution in [1.29, 1.82) is 0 Å². The Bertz CT molecular complexity index is 687. The monoisotopic (exact) mass is 301 g/mol. The molecule has 0 aliphatic heterocycles. The Labute approximate surface area is 129 Å².